The predicted octanol–water partition coefficient (Wildman–Crippen LogP) is 1.56. The normalized spacial score (nSPS) is 16.1. The van der Waals surface area contributed by atoms with Crippen LogP contribution in [0, 0.1) is 0 Å². The number of nitrogens with one attached hydrogen (secondary N) is 1. The average Bonchev–Trinajstić information content (AvgIpc) is 2.64. The van der Waals surface area contributed by atoms with E-state index in [1.54, 1.807) is 0 Å². The Balaban J connectivity index is 1.85. The summed E-state index contributed by atoms with van der Waals surface area (Å²) < 4.78 is 5.59. The van der Waals surface area contributed by atoms with Crippen LogP contribution < -0.4 is 10.2 Å². The van der Waals surface area contributed by atoms with Crippen molar-refractivity contribution in [2.24, 2.45) is 0 Å². The minimum absolute atomic E-state index is 0.594. The Morgan fingerprint density at radius 2 is 2.25 bits per heavy atom. The van der Waals surface area contributed by atoms with Gasteiger partial charge in [-0.2, -0.15) is 0 Å². The van der Waals surface area contributed by atoms with Crippen LogP contribution in [0.15, 0.2) is 4.42 Å². The molecule has 0 saturated heterocycles. The average molecular weight is 224 g/mol. The van der Waals surface area contributed by atoms with Crippen LogP contribution in [0.3, 0.4) is 0 Å². The van der Waals surface area contributed by atoms with E-state index >= 15 is 0 Å². The number of rotatable bonds is 6. The van der Waals surface area contributed by atoms with E-state index in [-0.39, 0.29) is 0 Å². The Kier molecular flexibility index (Phi) is 3.77. The lowest BCUT2D eigenvalue weighted by atomic mass is 9.92. The fourth-order valence-electron chi connectivity index (χ4n) is 1.76. The third-order valence-electron chi connectivity index (χ3n) is 3.08. The summed E-state index contributed by atoms with van der Waals surface area (Å²) in [4.78, 5) is 2.10. The molecule has 1 aromatic heterocycles. The van der Waals surface area contributed by atoms with Crippen molar-refractivity contribution in [3.8, 4) is 0 Å². The van der Waals surface area contributed by atoms with Gasteiger partial charge in [0.05, 0.1) is 6.54 Å². The maximum Gasteiger partial charge on any atom is 0.318 e. The highest BCUT2D eigenvalue weighted by molar-refractivity contribution is 5.25. The monoisotopic (exact) mass is 224 g/mol. The second-order valence-electron chi connectivity index (χ2n) is 4.35. The van der Waals surface area contributed by atoms with E-state index in [4.69, 9.17) is 4.42 Å². The lowest BCUT2D eigenvalue weighted by molar-refractivity contribution is 0.372. The zero-order valence-electron chi connectivity index (χ0n) is 10.1. The third kappa shape index (κ3) is 2.52. The first-order valence-corrected chi connectivity index (χ1v) is 6.07. The van der Waals surface area contributed by atoms with Crippen LogP contribution >= 0.6 is 0 Å². The van der Waals surface area contributed by atoms with Crippen LogP contribution in [0.25, 0.3) is 0 Å². The Hall–Kier alpha value is -1.10. The molecule has 1 saturated carbocycles. The fraction of sp³-hybridized carbons (Fsp3) is 0.818. The smallest absolute Gasteiger partial charge is 0.318 e. The second-order valence-corrected chi connectivity index (χ2v) is 4.35. The van der Waals surface area contributed by atoms with E-state index < -0.39 is 0 Å². The number of anilines is 1. The SMILES string of the molecule is CCCNCc1nnc(N(C)C2CCC2)o1. The number of aromatic nitrogens is 2. The molecule has 0 radical (unpaired) electrons. The molecule has 90 valence electrons. The molecule has 0 aromatic carbocycles. The van der Waals surface area contributed by atoms with Crippen molar-refractivity contribution in [1.29, 1.82) is 0 Å². The summed E-state index contributed by atoms with van der Waals surface area (Å²) in [7, 11) is 2.03. The van der Waals surface area contributed by atoms with Crippen LogP contribution in [0.1, 0.15) is 38.5 Å². The van der Waals surface area contributed by atoms with E-state index in [0.717, 1.165) is 13.0 Å². The zero-order chi connectivity index (χ0) is 11.4. The highest BCUT2D eigenvalue weighted by Gasteiger charge is 2.25. The lowest BCUT2D eigenvalue weighted by Crippen LogP contribution is -2.37. The van der Waals surface area contributed by atoms with E-state index in [0.29, 0.717) is 24.5 Å². The Bertz CT molecular complexity index is 322. The molecule has 1 heterocycles. The van der Waals surface area contributed by atoms with Crippen LogP contribution in [0.2, 0.25) is 0 Å². The number of nitrogens with zero attached hydrogens (tertiary/aromatic N) is 3. The summed E-state index contributed by atoms with van der Waals surface area (Å²) in [6.07, 6.45) is 4.90. The van der Waals surface area contributed by atoms with Gasteiger partial charge >= 0.3 is 6.01 Å². The van der Waals surface area contributed by atoms with Gasteiger partial charge in [0.1, 0.15) is 0 Å². The molecule has 1 fully saturated rings. The Morgan fingerprint density at radius 1 is 1.44 bits per heavy atom. The molecule has 0 amide bonds. The van der Waals surface area contributed by atoms with Crippen molar-refractivity contribution in [3.05, 3.63) is 5.89 Å². The second kappa shape index (κ2) is 5.30. The standard InChI is InChI=1S/C11H20N4O/c1-3-7-12-8-10-13-14-11(16-10)15(2)9-5-4-6-9/h9,12H,3-8H2,1-2H3. The van der Waals surface area contributed by atoms with Crippen LogP contribution in [0.5, 0.6) is 0 Å². The molecule has 2 rings (SSSR count). The molecule has 0 bridgehead atoms. The molecule has 1 aromatic rings. The minimum Gasteiger partial charge on any atom is -0.407 e. The third-order valence-corrected chi connectivity index (χ3v) is 3.08. The molecule has 1 N–H and O–H groups in total. The molecular weight excluding hydrogens is 204 g/mol. The van der Waals surface area contributed by atoms with E-state index in [1.807, 2.05) is 7.05 Å². The van der Waals surface area contributed by atoms with Crippen molar-refractivity contribution < 1.29 is 4.42 Å². The first kappa shape index (κ1) is 11.4. The molecule has 0 aliphatic heterocycles. The van der Waals surface area contributed by atoms with Gasteiger partial charge in [-0.25, -0.2) is 0 Å². The van der Waals surface area contributed by atoms with Gasteiger partial charge < -0.3 is 14.6 Å². The first-order valence-electron chi connectivity index (χ1n) is 6.07. The maximum absolute atomic E-state index is 5.59. The van der Waals surface area contributed by atoms with Gasteiger partial charge in [-0.15, -0.1) is 5.10 Å². The van der Waals surface area contributed by atoms with Gasteiger partial charge in [0, 0.05) is 13.1 Å². The van der Waals surface area contributed by atoms with Gasteiger partial charge in [-0.05, 0) is 32.2 Å². The van der Waals surface area contributed by atoms with Gasteiger partial charge in [0.25, 0.3) is 0 Å². The molecule has 0 unspecified atom stereocenters. The highest BCUT2D eigenvalue weighted by Crippen LogP contribution is 2.27. The van der Waals surface area contributed by atoms with Gasteiger partial charge in [-0.3, -0.25) is 0 Å². The van der Waals surface area contributed by atoms with Crippen molar-refractivity contribution in [2.75, 3.05) is 18.5 Å². The van der Waals surface area contributed by atoms with E-state index in [9.17, 15) is 0 Å². The molecule has 5 nitrogen and oxygen atoms in total. The summed E-state index contributed by atoms with van der Waals surface area (Å²) in [6.45, 7) is 3.78. The molecule has 0 atom stereocenters. The minimum atomic E-state index is 0.594. The highest BCUT2D eigenvalue weighted by atomic mass is 16.4. The summed E-state index contributed by atoms with van der Waals surface area (Å²) >= 11 is 0. The summed E-state index contributed by atoms with van der Waals surface area (Å²) in [5, 5.41) is 11.3. The van der Waals surface area contributed by atoms with Crippen molar-refractivity contribution >= 4 is 6.01 Å². The molecule has 5 heteroatoms. The number of hydrogen-bond acceptors (Lipinski definition) is 5. The molecule has 16 heavy (non-hydrogen) atoms. The van der Waals surface area contributed by atoms with E-state index in [1.165, 1.54) is 19.3 Å². The van der Waals surface area contributed by atoms with Crippen LogP contribution in [0.4, 0.5) is 6.01 Å². The summed E-state index contributed by atoms with van der Waals surface area (Å²) in [5.41, 5.74) is 0. The van der Waals surface area contributed by atoms with Crippen molar-refractivity contribution in [3.63, 3.8) is 0 Å². The lowest BCUT2D eigenvalue weighted by Gasteiger charge is -2.33. The van der Waals surface area contributed by atoms with Gasteiger partial charge in [-0.1, -0.05) is 12.0 Å². The summed E-state index contributed by atoms with van der Waals surface area (Å²) in [6, 6.07) is 1.25. The Labute approximate surface area is 96.2 Å². The number of hydrogen-bond donors (Lipinski definition) is 1. The zero-order valence-corrected chi connectivity index (χ0v) is 10.1. The van der Waals surface area contributed by atoms with Gasteiger partial charge in [0.15, 0.2) is 0 Å². The topological polar surface area (TPSA) is 54.2 Å². The maximum atomic E-state index is 5.59. The van der Waals surface area contributed by atoms with Crippen molar-refractivity contribution in [1.82, 2.24) is 15.5 Å². The molecule has 1 aliphatic rings. The predicted molar refractivity (Wildman–Crippen MR) is 62.3 cm³/mol. The van der Waals surface area contributed by atoms with Crippen LogP contribution in [-0.4, -0.2) is 29.8 Å². The van der Waals surface area contributed by atoms with Gasteiger partial charge in [0.2, 0.25) is 5.89 Å². The molecule has 1 aliphatic carbocycles. The first-order chi connectivity index (χ1) is 7.81. The van der Waals surface area contributed by atoms with Crippen molar-refractivity contribution in [2.45, 2.75) is 45.2 Å². The Morgan fingerprint density at radius 3 is 2.88 bits per heavy atom. The quantitative estimate of drug-likeness (QED) is 0.743. The fourth-order valence-corrected chi connectivity index (χ4v) is 1.76. The largest absolute Gasteiger partial charge is 0.407 e. The molecule has 0 spiro atoms. The van der Waals surface area contributed by atoms with Crippen LogP contribution in [-0.2, 0) is 6.54 Å². The van der Waals surface area contributed by atoms with E-state index in [2.05, 4.69) is 27.3 Å². The summed E-state index contributed by atoms with van der Waals surface area (Å²) in [5.74, 6) is 0.676. The molecular formula is C11H20N4O.